The molecule has 2 aliphatic rings. The fourth-order valence-electron chi connectivity index (χ4n) is 5.24. The van der Waals surface area contributed by atoms with E-state index in [1.165, 1.54) is 16.8 Å². The molecule has 0 bridgehead atoms. The molecule has 12 nitrogen and oxygen atoms in total. The van der Waals surface area contributed by atoms with E-state index in [-0.39, 0.29) is 47.9 Å². The number of anilines is 1. The molecule has 0 spiro atoms. The molecule has 14 heteroatoms. The number of aliphatic hydroxyl groups is 1. The van der Waals surface area contributed by atoms with Gasteiger partial charge in [-0.05, 0) is 29.8 Å². The van der Waals surface area contributed by atoms with Gasteiger partial charge in [-0.1, -0.05) is 6.07 Å². The van der Waals surface area contributed by atoms with Crippen LogP contribution in [0.3, 0.4) is 0 Å². The van der Waals surface area contributed by atoms with Gasteiger partial charge in [-0.25, -0.2) is 19.7 Å². The predicted molar refractivity (Wildman–Crippen MR) is 140 cm³/mol. The lowest BCUT2D eigenvalue weighted by atomic mass is 10.1. The highest BCUT2D eigenvalue weighted by Crippen LogP contribution is 2.27. The Morgan fingerprint density at radius 3 is 2.67 bits per heavy atom. The largest absolute Gasteiger partial charge is 0.433 e. The van der Waals surface area contributed by atoms with Gasteiger partial charge in [0.25, 0.3) is 5.56 Å². The van der Waals surface area contributed by atoms with Crippen LogP contribution in [0.5, 0.6) is 5.75 Å². The Balaban J connectivity index is 1.30. The minimum atomic E-state index is -3.05. The molecule has 0 radical (unpaired) electrons. The summed E-state index contributed by atoms with van der Waals surface area (Å²) in [5.41, 5.74) is 2.22. The van der Waals surface area contributed by atoms with Crippen LogP contribution in [0.4, 0.5) is 19.5 Å². The molecule has 0 saturated carbocycles. The molecule has 5 heterocycles. The van der Waals surface area contributed by atoms with Crippen LogP contribution in [0.1, 0.15) is 11.4 Å². The molecule has 6 rings (SSSR count). The number of rotatable bonds is 7. The lowest BCUT2D eigenvalue weighted by Crippen LogP contribution is -2.52. The molecule has 2 saturated heterocycles. The zero-order valence-corrected chi connectivity index (χ0v) is 21.5. The number of hydrogen-bond donors (Lipinski definition) is 2. The summed E-state index contributed by atoms with van der Waals surface area (Å²) in [6, 6.07) is 8.10. The zero-order chi connectivity index (χ0) is 28.0. The summed E-state index contributed by atoms with van der Waals surface area (Å²) < 4.78 is 33.7. The molecule has 208 valence electrons. The van der Waals surface area contributed by atoms with E-state index >= 15 is 0 Å². The van der Waals surface area contributed by atoms with Gasteiger partial charge in [0, 0.05) is 51.2 Å². The molecule has 2 N–H and O–H groups in total. The third kappa shape index (κ3) is 4.59. The molecule has 0 aliphatic carbocycles. The summed E-state index contributed by atoms with van der Waals surface area (Å²) >= 11 is 0. The Hall–Kier alpha value is -4.59. The summed E-state index contributed by atoms with van der Waals surface area (Å²) in [6.45, 7) is -1.00. The average Bonchev–Trinajstić information content (AvgIpc) is 3.45. The van der Waals surface area contributed by atoms with Crippen molar-refractivity contribution in [3.8, 4) is 16.9 Å². The monoisotopic (exact) mass is 552 g/mol. The van der Waals surface area contributed by atoms with Gasteiger partial charge < -0.3 is 25.0 Å². The fraction of sp³-hybridized carbons (Fsp3) is 0.346. The van der Waals surface area contributed by atoms with Gasteiger partial charge in [-0.2, -0.15) is 8.78 Å². The highest BCUT2D eigenvalue weighted by atomic mass is 19.3. The van der Waals surface area contributed by atoms with Crippen molar-refractivity contribution in [3.05, 3.63) is 64.5 Å². The Morgan fingerprint density at radius 2 is 1.93 bits per heavy atom. The molecule has 2 aliphatic heterocycles. The molecular weight excluding hydrogens is 526 g/mol. The Labute approximate surface area is 226 Å². The normalized spacial score (nSPS) is 17.0. The van der Waals surface area contributed by atoms with Crippen LogP contribution in [0.2, 0.25) is 0 Å². The van der Waals surface area contributed by atoms with Gasteiger partial charge >= 0.3 is 12.6 Å². The minimum absolute atomic E-state index is 0.0367. The number of nitrogens with zero attached hydrogens (tertiary/aromatic N) is 7. The number of carbonyl (C=O) groups excluding carboxylic acids is 1. The summed E-state index contributed by atoms with van der Waals surface area (Å²) in [4.78, 5) is 42.1. The van der Waals surface area contributed by atoms with Gasteiger partial charge in [0.15, 0.2) is 0 Å². The van der Waals surface area contributed by atoms with Gasteiger partial charge in [0.1, 0.15) is 11.4 Å². The lowest BCUT2D eigenvalue weighted by molar-refractivity contribution is -0.0508. The molecular formula is C26H26F2N8O4. The smallest absolute Gasteiger partial charge is 0.387 e. The summed E-state index contributed by atoms with van der Waals surface area (Å²) in [7, 11) is 1.58. The molecule has 4 aromatic rings. The first-order valence-electron chi connectivity index (χ1n) is 12.7. The van der Waals surface area contributed by atoms with E-state index in [2.05, 4.69) is 29.9 Å². The number of hydrogen-bond acceptors (Lipinski definition) is 8. The van der Waals surface area contributed by atoms with E-state index in [9.17, 15) is 23.5 Å². The number of urea groups is 1. The zero-order valence-electron chi connectivity index (χ0n) is 21.5. The third-order valence-corrected chi connectivity index (χ3v) is 7.32. The van der Waals surface area contributed by atoms with Crippen LogP contribution >= 0.6 is 0 Å². The van der Waals surface area contributed by atoms with Crippen molar-refractivity contribution in [1.29, 1.82) is 0 Å². The Morgan fingerprint density at radius 1 is 1.12 bits per heavy atom. The van der Waals surface area contributed by atoms with Crippen LogP contribution in [-0.4, -0.2) is 79.2 Å². The van der Waals surface area contributed by atoms with Crippen molar-refractivity contribution in [3.63, 3.8) is 0 Å². The van der Waals surface area contributed by atoms with E-state index in [1.54, 1.807) is 36.3 Å². The van der Waals surface area contributed by atoms with E-state index in [4.69, 9.17) is 0 Å². The molecule has 40 heavy (non-hydrogen) atoms. The minimum Gasteiger partial charge on any atom is -0.433 e. The SMILES string of the molecule is Cn1c(=O)c2ccc(-c3cnc(N4CCN5C(=O)NC[C@@H]5C4)nc3)cc2n1Cc1nc(CO)ccc1OC(F)F. The van der Waals surface area contributed by atoms with Gasteiger partial charge in [0.05, 0.1) is 35.8 Å². The summed E-state index contributed by atoms with van der Waals surface area (Å²) in [5, 5.41) is 12.8. The maximum absolute atomic E-state index is 13.0. The fourth-order valence-corrected chi connectivity index (χ4v) is 5.24. The second kappa shape index (κ2) is 10.2. The number of fused-ring (bicyclic) bond motifs is 2. The first kappa shape index (κ1) is 25.7. The summed E-state index contributed by atoms with van der Waals surface area (Å²) in [5.74, 6) is 0.432. The van der Waals surface area contributed by atoms with Crippen molar-refractivity contribution in [2.45, 2.75) is 25.8 Å². The van der Waals surface area contributed by atoms with E-state index < -0.39 is 6.61 Å². The van der Waals surface area contributed by atoms with E-state index in [1.807, 2.05) is 11.0 Å². The number of benzene rings is 1. The van der Waals surface area contributed by atoms with Crippen molar-refractivity contribution >= 4 is 22.9 Å². The van der Waals surface area contributed by atoms with E-state index in [0.29, 0.717) is 43.0 Å². The molecule has 1 atom stereocenters. The van der Waals surface area contributed by atoms with Crippen molar-refractivity contribution in [1.82, 2.24) is 34.5 Å². The maximum Gasteiger partial charge on any atom is 0.387 e. The van der Waals surface area contributed by atoms with Gasteiger partial charge in [-0.15, -0.1) is 0 Å². The van der Waals surface area contributed by atoms with Crippen LogP contribution < -0.4 is 20.5 Å². The number of ether oxygens (including phenoxy) is 1. The van der Waals surface area contributed by atoms with Gasteiger partial charge in [-0.3, -0.25) is 14.2 Å². The number of pyridine rings is 1. The van der Waals surface area contributed by atoms with Crippen molar-refractivity contribution in [2.75, 3.05) is 31.1 Å². The molecule has 0 unspecified atom stereocenters. The number of halogens is 2. The Kier molecular flexibility index (Phi) is 6.54. The Bertz CT molecular complexity index is 1640. The van der Waals surface area contributed by atoms with Gasteiger partial charge in [0.2, 0.25) is 5.95 Å². The number of alkyl halides is 2. The second-order valence-corrected chi connectivity index (χ2v) is 9.65. The second-order valence-electron chi connectivity index (χ2n) is 9.65. The number of carbonyl (C=O) groups is 1. The summed E-state index contributed by atoms with van der Waals surface area (Å²) in [6.07, 6.45) is 3.42. The number of aliphatic hydroxyl groups excluding tert-OH is 1. The van der Waals surface area contributed by atoms with E-state index in [0.717, 1.165) is 11.1 Å². The first-order valence-corrected chi connectivity index (χ1v) is 12.7. The molecule has 3 aromatic heterocycles. The lowest BCUT2D eigenvalue weighted by Gasteiger charge is -2.36. The number of amides is 2. The topological polar surface area (TPSA) is 131 Å². The molecule has 2 amide bonds. The molecule has 2 fully saturated rings. The predicted octanol–water partition coefficient (Wildman–Crippen LogP) is 1.55. The third-order valence-electron chi connectivity index (χ3n) is 7.32. The maximum atomic E-state index is 13.0. The van der Waals surface area contributed by atoms with Crippen molar-refractivity contribution < 1.29 is 23.4 Å². The van der Waals surface area contributed by atoms with Crippen LogP contribution in [0.25, 0.3) is 22.0 Å². The first-order chi connectivity index (χ1) is 19.3. The highest BCUT2D eigenvalue weighted by molar-refractivity contribution is 5.84. The molecule has 1 aromatic carbocycles. The number of aromatic nitrogens is 5. The van der Waals surface area contributed by atoms with Crippen LogP contribution in [-0.2, 0) is 20.2 Å². The highest BCUT2D eigenvalue weighted by Gasteiger charge is 2.36. The number of piperazine rings is 1. The van der Waals surface area contributed by atoms with Crippen LogP contribution in [0, 0.1) is 0 Å². The standard InChI is InChI=1S/C26H26F2N8O4/c1-33-23(38)19-4-2-15(8-21(19)36(33)13-20-22(40-24(27)28)5-3-17(14-37)32-20)16-9-29-25(30-10-16)34-6-7-35-18(12-34)11-31-26(35)39/h2-5,8-10,18,24,37H,6-7,11-14H2,1H3,(H,31,39)/t18-/m1/s1. The quantitative estimate of drug-likeness (QED) is 0.353. The van der Waals surface area contributed by atoms with Crippen molar-refractivity contribution in [2.24, 2.45) is 7.05 Å². The van der Waals surface area contributed by atoms with Crippen LogP contribution in [0.15, 0.2) is 47.5 Å². The average molecular weight is 553 g/mol. The number of nitrogens with one attached hydrogen (secondary N) is 1.